The highest BCUT2D eigenvalue weighted by molar-refractivity contribution is 6.42. The summed E-state index contributed by atoms with van der Waals surface area (Å²) in [6.45, 7) is 0. The van der Waals surface area contributed by atoms with Crippen molar-refractivity contribution in [2.24, 2.45) is 5.40 Å². The quantitative estimate of drug-likeness (QED) is 0.291. The minimum Gasteiger partial charge on any atom is -0.346 e. The molecule has 30 valence electrons. The van der Waals surface area contributed by atoms with Gasteiger partial charge in [0.05, 0.1) is 0 Å². The standard InChI is InChI=1S/C4H5NSi/c1-2-3-4-6-5/h1H,5-6H2. The summed E-state index contributed by atoms with van der Waals surface area (Å²) in [5, 5.41) is 5.08. The fourth-order valence-corrected chi connectivity index (χ4v) is 0.306. The third-order valence-corrected chi connectivity index (χ3v) is 0.644. The Hall–Kier alpha value is -0.703. The maximum Gasteiger partial charge on any atom is 0.175 e. The highest BCUT2D eigenvalue weighted by Crippen LogP contribution is 1.39. The van der Waals surface area contributed by atoms with Crippen molar-refractivity contribution in [2.45, 2.75) is 0 Å². The van der Waals surface area contributed by atoms with Gasteiger partial charge < -0.3 is 5.40 Å². The van der Waals surface area contributed by atoms with Gasteiger partial charge in [0, 0.05) is 0 Å². The van der Waals surface area contributed by atoms with Gasteiger partial charge in [0.15, 0.2) is 9.68 Å². The lowest BCUT2D eigenvalue weighted by molar-refractivity contribution is 1.95. The van der Waals surface area contributed by atoms with E-state index < -0.39 is 9.68 Å². The average Bonchev–Trinajstić information content (AvgIpc) is 1.61. The lowest BCUT2D eigenvalue weighted by Crippen LogP contribution is -1.98. The second-order valence-corrected chi connectivity index (χ2v) is 1.41. The van der Waals surface area contributed by atoms with Crippen molar-refractivity contribution >= 4 is 9.68 Å². The first-order chi connectivity index (χ1) is 2.91. The summed E-state index contributed by atoms with van der Waals surface area (Å²) in [6.07, 6.45) is 4.76. The van der Waals surface area contributed by atoms with Crippen LogP contribution in [-0.4, -0.2) is 9.68 Å². The SMILES string of the molecule is C#CC#C[SiH2]N. The molecule has 0 saturated carbocycles. The molecule has 0 amide bonds. The van der Waals surface area contributed by atoms with Gasteiger partial charge in [-0.2, -0.15) is 0 Å². The molecule has 0 aliphatic carbocycles. The Labute approximate surface area is 39.8 Å². The van der Waals surface area contributed by atoms with Crippen molar-refractivity contribution < 1.29 is 0 Å². The van der Waals surface area contributed by atoms with Gasteiger partial charge in [0.2, 0.25) is 0 Å². The molecular weight excluding hydrogens is 90.1 g/mol. The van der Waals surface area contributed by atoms with Gasteiger partial charge in [0.25, 0.3) is 0 Å². The van der Waals surface area contributed by atoms with Crippen molar-refractivity contribution in [2.75, 3.05) is 0 Å². The molecule has 1 nitrogen and oxygen atoms in total. The predicted octanol–water partition coefficient (Wildman–Crippen LogP) is -1.38. The normalized spacial score (nSPS) is 6.67. The van der Waals surface area contributed by atoms with Gasteiger partial charge in [0.1, 0.15) is 0 Å². The molecule has 0 atom stereocenters. The molecule has 0 aliphatic heterocycles. The van der Waals surface area contributed by atoms with Crippen LogP contribution in [0.3, 0.4) is 0 Å². The van der Waals surface area contributed by atoms with Crippen LogP contribution in [0.2, 0.25) is 0 Å². The predicted molar refractivity (Wildman–Crippen MR) is 29.3 cm³/mol. The van der Waals surface area contributed by atoms with Crippen molar-refractivity contribution in [1.82, 2.24) is 0 Å². The lowest BCUT2D eigenvalue weighted by Gasteiger charge is -1.58. The minimum atomic E-state index is -0.601. The maximum atomic E-state index is 5.08. The van der Waals surface area contributed by atoms with E-state index >= 15 is 0 Å². The van der Waals surface area contributed by atoms with Crippen LogP contribution in [0.4, 0.5) is 0 Å². The molecular formula is C4H5NSi. The number of rotatable bonds is 0. The van der Waals surface area contributed by atoms with Crippen LogP contribution in [0, 0.1) is 23.8 Å². The van der Waals surface area contributed by atoms with Crippen LogP contribution in [0.5, 0.6) is 0 Å². The third-order valence-electron chi connectivity index (χ3n) is 0.263. The van der Waals surface area contributed by atoms with Crippen LogP contribution < -0.4 is 5.40 Å². The summed E-state index contributed by atoms with van der Waals surface area (Å²) in [7, 11) is -0.601. The number of hydrogen-bond donors (Lipinski definition) is 1. The van der Waals surface area contributed by atoms with E-state index in [4.69, 9.17) is 11.8 Å². The molecule has 0 aromatic heterocycles. The first-order valence-corrected chi connectivity index (χ1v) is 3.07. The molecule has 0 spiro atoms. The fraction of sp³-hybridized carbons (Fsp3) is 0. The summed E-state index contributed by atoms with van der Waals surface area (Å²) >= 11 is 0. The zero-order valence-corrected chi connectivity index (χ0v) is 4.78. The second kappa shape index (κ2) is 4.30. The zero-order chi connectivity index (χ0) is 4.83. The molecule has 2 heteroatoms. The Morgan fingerprint density at radius 1 is 1.67 bits per heavy atom. The average molecular weight is 95.2 g/mol. The summed E-state index contributed by atoms with van der Waals surface area (Å²) in [5.74, 6) is 4.57. The Morgan fingerprint density at radius 3 is 2.50 bits per heavy atom. The van der Waals surface area contributed by atoms with Crippen molar-refractivity contribution in [3.8, 4) is 23.8 Å². The molecule has 0 heterocycles. The Bertz CT molecular complexity index is 112. The third kappa shape index (κ3) is 3.30. The van der Waals surface area contributed by atoms with Gasteiger partial charge in [-0.1, -0.05) is 0 Å². The van der Waals surface area contributed by atoms with Crippen molar-refractivity contribution in [1.29, 1.82) is 0 Å². The van der Waals surface area contributed by atoms with Gasteiger partial charge in [-0.3, -0.25) is 0 Å². The monoisotopic (exact) mass is 95.0 g/mol. The van der Waals surface area contributed by atoms with Crippen LogP contribution in [0.1, 0.15) is 0 Å². The van der Waals surface area contributed by atoms with E-state index in [2.05, 4.69) is 17.4 Å². The number of nitrogens with two attached hydrogens (primary N) is 1. The Kier molecular flexibility index (Phi) is 3.79. The van der Waals surface area contributed by atoms with E-state index in [9.17, 15) is 0 Å². The van der Waals surface area contributed by atoms with E-state index in [1.807, 2.05) is 0 Å². The highest BCUT2D eigenvalue weighted by Gasteiger charge is 1.53. The van der Waals surface area contributed by atoms with Crippen molar-refractivity contribution in [3.63, 3.8) is 0 Å². The minimum absolute atomic E-state index is 0.601. The molecule has 0 aliphatic rings. The maximum absolute atomic E-state index is 5.08. The van der Waals surface area contributed by atoms with E-state index in [-0.39, 0.29) is 0 Å². The molecule has 6 heavy (non-hydrogen) atoms. The smallest absolute Gasteiger partial charge is 0.175 e. The Morgan fingerprint density at radius 2 is 2.33 bits per heavy atom. The lowest BCUT2D eigenvalue weighted by atomic mass is 10.7. The summed E-state index contributed by atoms with van der Waals surface area (Å²) in [6, 6.07) is 0. The first-order valence-electron chi connectivity index (χ1n) is 1.55. The Balaban J connectivity index is 3.22. The van der Waals surface area contributed by atoms with E-state index in [1.54, 1.807) is 0 Å². The molecule has 0 rings (SSSR count). The van der Waals surface area contributed by atoms with Gasteiger partial charge in [-0.15, -0.1) is 12.0 Å². The van der Waals surface area contributed by atoms with E-state index in [0.29, 0.717) is 0 Å². The molecule has 0 bridgehead atoms. The highest BCUT2D eigenvalue weighted by atomic mass is 28.2. The van der Waals surface area contributed by atoms with E-state index in [1.165, 1.54) is 0 Å². The molecule has 0 aromatic carbocycles. The van der Waals surface area contributed by atoms with E-state index in [0.717, 1.165) is 0 Å². The molecule has 0 radical (unpaired) electrons. The summed E-state index contributed by atoms with van der Waals surface area (Å²) in [5.41, 5.74) is 2.63. The summed E-state index contributed by atoms with van der Waals surface area (Å²) < 4.78 is 0. The van der Waals surface area contributed by atoms with Crippen molar-refractivity contribution in [3.05, 3.63) is 0 Å². The van der Waals surface area contributed by atoms with Crippen LogP contribution in [0.25, 0.3) is 0 Å². The molecule has 0 fully saturated rings. The topological polar surface area (TPSA) is 26.0 Å². The number of hydrogen-bond acceptors (Lipinski definition) is 1. The number of terminal acetylenes is 1. The second-order valence-electron chi connectivity index (χ2n) is 0.650. The first kappa shape index (κ1) is 5.30. The zero-order valence-electron chi connectivity index (χ0n) is 3.36. The summed E-state index contributed by atoms with van der Waals surface area (Å²) in [4.78, 5) is 0. The van der Waals surface area contributed by atoms with Crippen LogP contribution in [-0.2, 0) is 0 Å². The fourth-order valence-electron chi connectivity index (χ4n) is 0.102. The van der Waals surface area contributed by atoms with Gasteiger partial charge >= 0.3 is 0 Å². The molecule has 0 unspecified atom stereocenters. The molecule has 0 aromatic rings. The van der Waals surface area contributed by atoms with Crippen LogP contribution in [0.15, 0.2) is 0 Å². The van der Waals surface area contributed by atoms with Gasteiger partial charge in [-0.25, -0.2) is 0 Å². The largest absolute Gasteiger partial charge is 0.346 e. The molecule has 2 N–H and O–H groups in total. The molecule has 0 saturated heterocycles. The van der Waals surface area contributed by atoms with Crippen LogP contribution >= 0.6 is 0 Å². The van der Waals surface area contributed by atoms with Gasteiger partial charge in [-0.05, 0) is 11.8 Å².